The SMILES string of the molecule is Cc1ccc(C(=O)N(C)C(C)c2ccc(-n3cncn3)cc2)s1. The fraction of sp³-hybridized carbons (Fsp3) is 0.235. The Bertz CT molecular complexity index is 792. The number of hydrogen-bond donors (Lipinski definition) is 0. The zero-order valence-corrected chi connectivity index (χ0v) is 14.1. The Labute approximate surface area is 139 Å². The van der Waals surface area contributed by atoms with Gasteiger partial charge in [-0.2, -0.15) is 5.10 Å². The maximum Gasteiger partial charge on any atom is 0.264 e. The van der Waals surface area contributed by atoms with Crippen LogP contribution in [0.25, 0.3) is 5.69 Å². The minimum Gasteiger partial charge on any atom is -0.334 e. The van der Waals surface area contributed by atoms with Crippen LogP contribution < -0.4 is 0 Å². The van der Waals surface area contributed by atoms with Crippen molar-refractivity contribution in [3.05, 3.63) is 64.4 Å². The van der Waals surface area contributed by atoms with E-state index in [4.69, 9.17) is 0 Å². The number of nitrogens with zero attached hydrogens (tertiary/aromatic N) is 4. The van der Waals surface area contributed by atoms with Crippen molar-refractivity contribution in [3.8, 4) is 5.69 Å². The molecule has 3 rings (SSSR count). The van der Waals surface area contributed by atoms with E-state index in [2.05, 4.69) is 10.1 Å². The zero-order valence-electron chi connectivity index (χ0n) is 13.3. The van der Waals surface area contributed by atoms with Gasteiger partial charge in [0, 0.05) is 11.9 Å². The zero-order chi connectivity index (χ0) is 16.4. The molecule has 0 bridgehead atoms. The highest BCUT2D eigenvalue weighted by molar-refractivity contribution is 7.13. The molecule has 0 spiro atoms. The Morgan fingerprint density at radius 3 is 2.52 bits per heavy atom. The van der Waals surface area contributed by atoms with Crippen molar-refractivity contribution in [3.63, 3.8) is 0 Å². The number of thiophene rings is 1. The number of carbonyl (C=O) groups excluding carboxylic acids is 1. The van der Waals surface area contributed by atoms with Crippen molar-refractivity contribution in [2.24, 2.45) is 0 Å². The van der Waals surface area contributed by atoms with Crippen LogP contribution in [0.3, 0.4) is 0 Å². The van der Waals surface area contributed by atoms with Gasteiger partial charge in [0.05, 0.1) is 16.6 Å². The molecule has 1 aromatic carbocycles. The number of rotatable bonds is 4. The summed E-state index contributed by atoms with van der Waals surface area (Å²) in [7, 11) is 1.84. The molecule has 0 saturated carbocycles. The number of aromatic nitrogens is 3. The van der Waals surface area contributed by atoms with Gasteiger partial charge in [0.2, 0.25) is 0 Å². The van der Waals surface area contributed by atoms with Gasteiger partial charge in [-0.05, 0) is 43.7 Å². The first kappa shape index (κ1) is 15.4. The standard InChI is InChI=1S/C17H18N4OS/c1-12-4-9-16(23-12)17(22)20(3)13(2)14-5-7-15(8-6-14)21-11-18-10-19-21/h4-11,13H,1-3H3. The molecule has 118 valence electrons. The molecule has 23 heavy (non-hydrogen) atoms. The summed E-state index contributed by atoms with van der Waals surface area (Å²) >= 11 is 1.53. The summed E-state index contributed by atoms with van der Waals surface area (Å²) in [5.74, 6) is 0.0518. The normalized spacial score (nSPS) is 12.1. The minimum atomic E-state index is -0.00491. The molecule has 2 heterocycles. The second-order valence-corrected chi connectivity index (χ2v) is 6.72. The van der Waals surface area contributed by atoms with Crippen LogP contribution in [0.4, 0.5) is 0 Å². The third kappa shape index (κ3) is 3.17. The molecule has 0 radical (unpaired) electrons. The minimum absolute atomic E-state index is 0.00491. The van der Waals surface area contributed by atoms with Gasteiger partial charge in [-0.25, -0.2) is 9.67 Å². The van der Waals surface area contributed by atoms with Crippen LogP contribution >= 0.6 is 11.3 Å². The van der Waals surface area contributed by atoms with Crippen LogP contribution in [0.15, 0.2) is 49.1 Å². The van der Waals surface area contributed by atoms with Crippen molar-refractivity contribution in [2.75, 3.05) is 7.05 Å². The van der Waals surface area contributed by atoms with E-state index in [0.29, 0.717) is 0 Å². The fourth-order valence-corrected chi connectivity index (χ4v) is 3.22. The molecular formula is C17H18N4OS. The third-order valence-electron chi connectivity index (χ3n) is 3.91. The van der Waals surface area contributed by atoms with E-state index in [0.717, 1.165) is 21.0 Å². The summed E-state index contributed by atoms with van der Waals surface area (Å²) in [5, 5.41) is 4.11. The second-order valence-electron chi connectivity index (χ2n) is 5.43. The molecule has 0 saturated heterocycles. The van der Waals surface area contributed by atoms with Gasteiger partial charge in [0.15, 0.2) is 0 Å². The number of amides is 1. The lowest BCUT2D eigenvalue weighted by molar-refractivity contribution is 0.0747. The van der Waals surface area contributed by atoms with E-state index in [1.165, 1.54) is 17.7 Å². The van der Waals surface area contributed by atoms with Gasteiger partial charge in [0.25, 0.3) is 5.91 Å². The Kier molecular flexibility index (Phi) is 4.25. The summed E-state index contributed by atoms with van der Waals surface area (Å²) in [6.45, 7) is 4.04. The highest BCUT2D eigenvalue weighted by atomic mass is 32.1. The van der Waals surface area contributed by atoms with Gasteiger partial charge in [-0.15, -0.1) is 11.3 Å². The van der Waals surface area contributed by atoms with Gasteiger partial charge < -0.3 is 4.90 Å². The highest BCUT2D eigenvalue weighted by Crippen LogP contribution is 2.24. The molecule has 0 fully saturated rings. The Morgan fingerprint density at radius 1 is 1.22 bits per heavy atom. The number of benzene rings is 1. The average Bonchev–Trinajstić information content (AvgIpc) is 3.24. The number of carbonyl (C=O) groups is 1. The van der Waals surface area contributed by atoms with Gasteiger partial charge >= 0.3 is 0 Å². The van der Waals surface area contributed by atoms with Crippen LogP contribution in [0.1, 0.15) is 33.1 Å². The molecule has 0 aliphatic heterocycles. The van der Waals surface area contributed by atoms with Gasteiger partial charge in [-0.1, -0.05) is 12.1 Å². The second kappa shape index (κ2) is 6.34. The van der Waals surface area contributed by atoms with Crippen molar-refractivity contribution in [1.82, 2.24) is 19.7 Å². The largest absolute Gasteiger partial charge is 0.334 e. The lowest BCUT2D eigenvalue weighted by Gasteiger charge is -2.25. The molecular weight excluding hydrogens is 308 g/mol. The van der Waals surface area contributed by atoms with Crippen LogP contribution in [0.2, 0.25) is 0 Å². The lowest BCUT2D eigenvalue weighted by atomic mass is 10.1. The first-order valence-electron chi connectivity index (χ1n) is 7.35. The molecule has 6 heteroatoms. The summed E-state index contributed by atoms with van der Waals surface area (Å²) in [4.78, 5) is 20.2. The smallest absolute Gasteiger partial charge is 0.264 e. The van der Waals surface area contributed by atoms with Crippen molar-refractivity contribution < 1.29 is 4.79 Å². The lowest BCUT2D eigenvalue weighted by Crippen LogP contribution is -2.29. The Morgan fingerprint density at radius 2 is 1.96 bits per heavy atom. The topological polar surface area (TPSA) is 51.0 Å². The van der Waals surface area contributed by atoms with Crippen LogP contribution in [0.5, 0.6) is 0 Å². The summed E-state index contributed by atoms with van der Waals surface area (Å²) in [6.07, 6.45) is 3.17. The molecule has 1 unspecified atom stereocenters. The first-order valence-corrected chi connectivity index (χ1v) is 8.16. The third-order valence-corrected chi connectivity index (χ3v) is 4.90. The molecule has 0 aliphatic carbocycles. The molecule has 2 aromatic heterocycles. The average molecular weight is 326 g/mol. The summed E-state index contributed by atoms with van der Waals surface area (Å²) < 4.78 is 1.71. The van der Waals surface area contributed by atoms with E-state index in [1.54, 1.807) is 15.9 Å². The van der Waals surface area contributed by atoms with Crippen molar-refractivity contribution in [1.29, 1.82) is 0 Å². The highest BCUT2D eigenvalue weighted by Gasteiger charge is 2.20. The summed E-state index contributed by atoms with van der Waals surface area (Å²) in [6, 6.07) is 11.9. The van der Waals surface area contributed by atoms with E-state index in [1.807, 2.05) is 57.3 Å². The van der Waals surface area contributed by atoms with Crippen LogP contribution in [-0.4, -0.2) is 32.6 Å². The molecule has 3 aromatic rings. The van der Waals surface area contributed by atoms with Crippen LogP contribution in [0, 0.1) is 6.92 Å². The maximum atomic E-state index is 12.5. The van der Waals surface area contributed by atoms with Crippen molar-refractivity contribution >= 4 is 17.2 Å². The van der Waals surface area contributed by atoms with E-state index in [-0.39, 0.29) is 11.9 Å². The Balaban J connectivity index is 1.77. The molecule has 5 nitrogen and oxygen atoms in total. The monoisotopic (exact) mass is 326 g/mol. The molecule has 1 atom stereocenters. The van der Waals surface area contributed by atoms with Gasteiger partial charge in [0.1, 0.15) is 12.7 Å². The predicted octanol–water partition coefficient (Wildman–Crippen LogP) is 3.47. The van der Waals surface area contributed by atoms with Gasteiger partial charge in [-0.3, -0.25) is 4.79 Å². The number of aryl methyl sites for hydroxylation is 1. The van der Waals surface area contributed by atoms with E-state index < -0.39 is 0 Å². The molecule has 0 aliphatic rings. The predicted molar refractivity (Wildman–Crippen MR) is 90.9 cm³/mol. The van der Waals surface area contributed by atoms with E-state index in [9.17, 15) is 4.79 Å². The first-order chi connectivity index (χ1) is 11.1. The number of hydrogen-bond acceptors (Lipinski definition) is 4. The quantitative estimate of drug-likeness (QED) is 0.737. The Hall–Kier alpha value is -2.47. The van der Waals surface area contributed by atoms with Crippen molar-refractivity contribution in [2.45, 2.75) is 19.9 Å². The van der Waals surface area contributed by atoms with Crippen LogP contribution in [-0.2, 0) is 0 Å². The molecule has 0 N–H and O–H groups in total. The molecule has 1 amide bonds. The fourth-order valence-electron chi connectivity index (χ4n) is 2.37. The van der Waals surface area contributed by atoms with E-state index >= 15 is 0 Å². The summed E-state index contributed by atoms with van der Waals surface area (Å²) in [5.41, 5.74) is 2.03. The maximum absolute atomic E-state index is 12.5.